The molecule has 0 radical (unpaired) electrons. The minimum Gasteiger partial charge on any atom is -0.340 e. The molecule has 0 unspecified atom stereocenters. The van der Waals surface area contributed by atoms with Gasteiger partial charge in [-0.05, 0) is 30.7 Å². The van der Waals surface area contributed by atoms with E-state index in [0.29, 0.717) is 11.5 Å². The van der Waals surface area contributed by atoms with Gasteiger partial charge in [-0.3, -0.25) is 14.8 Å². The van der Waals surface area contributed by atoms with Crippen LogP contribution in [0.4, 0.5) is 4.39 Å². The van der Waals surface area contributed by atoms with Crippen LogP contribution in [0.1, 0.15) is 17.0 Å². The van der Waals surface area contributed by atoms with Crippen LogP contribution in [0.25, 0.3) is 39.3 Å². The zero-order valence-electron chi connectivity index (χ0n) is 17.6. The Bertz CT molecular complexity index is 1470. The monoisotopic (exact) mass is 425 g/mol. The van der Waals surface area contributed by atoms with Crippen molar-refractivity contribution < 1.29 is 4.39 Å². The van der Waals surface area contributed by atoms with E-state index in [-0.39, 0.29) is 5.82 Å². The van der Waals surface area contributed by atoms with Crippen molar-refractivity contribution in [3.63, 3.8) is 0 Å². The minimum absolute atomic E-state index is 0.285. The molecule has 5 aromatic rings. The molecule has 0 bridgehead atoms. The number of hydrogen-bond acceptors (Lipinski definition) is 4. The second kappa shape index (κ2) is 7.73. The summed E-state index contributed by atoms with van der Waals surface area (Å²) in [7, 11) is 1.87. The molecule has 0 aliphatic rings. The van der Waals surface area contributed by atoms with Crippen molar-refractivity contribution in [1.29, 1.82) is 0 Å². The maximum Gasteiger partial charge on any atom is 0.159 e. The number of fused-ring (bicyclic) bond motifs is 1. The number of aromatic nitrogens is 7. The molecule has 0 spiro atoms. The third-order valence-electron chi connectivity index (χ3n) is 5.25. The number of H-pyrrole nitrogens is 2. The molecule has 2 N–H and O–H groups in total. The second-order valence-corrected chi connectivity index (χ2v) is 7.47. The molecule has 32 heavy (non-hydrogen) atoms. The molecule has 4 aromatic heterocycles. The highest BCUT2D eigenvalue weighted by Crippen LogP contribution is 2.31. The van der Waals surface area contributed by atoms with Gasteiger partial charge in [-0.1, -0.05) is 30.9 Å². The standard InChI is InChI=1S/C24H20FN7/c1-4-5-18(15-6-8-17(25)9-7-15)22-14(2)28-24(29-22)23-19-10-20(16-11-27-32(3)13-16)26-12-21(19)30-31-23/h4-13H,1H2,2-3H3,(H,28,29)(H,30,31)/b18-5-. The Morgan fingerprint density at radius 3 is 2.72 bits per heavy atom. The Morgan fingerprint density at radius 2 is 2.00 bits per heavy atom. The van der Waals surface area contributed by atoms with Crippen molar-refractivity contribution in [2.75, 3.05) is 0 Å². The maximum absolute atomic E-state index is 13.4. The minimum atomic E-state index is -0.285. The summed E-state index contributed by atoms with van der Waals surface area (Å²) in [5, 5.41) is 12.6. The van der Waals surface area contributed by atoms with Crippen molar-refractivity contribution in [1.82, 2.24) is 34.9 Å². The zero-order chi connectivity index (χ0) is 22.2. The molecule has 0 aliphatic carbocycles. The summed E-state index contributed by atoms with van der Waals surface area (Å²) in [4.78, 5) is 12.7. The molecule has 4 heterocycles. The fourth-order valence-corrected chi connectivity index (χ4v) is 3.70. The van der Waals surface area contributed by atoms with Crippen LogP contribution in [0.2, 0.25) is 0 Å². The molecule has 0 saturated heterocycles. The summed E-state index contributed by atoms with van der Waals surface area (Å²) >= 11 is 0. The van der Waals surface area contributed by atoms with Gasteiger partial charge < -0.3 is 4.98 Å². The van der Waals surface area contributed by atoms with Crippen LogP contribution >= 0.6 is 0 Å². The third kappa shape index (κ3) is 3.41. The van der Waals surface area contributed by atoms with Gasteiger partial charge in [0.15, 0.2) is 5.82 Å². The number of imidazole rings is 1. The Labute approximate surface area is 183 Å². The average molecular weight is 425 g/mol. The summed E-state index contributed by atoms with van der Waals surface area (Å²) < 4.78 is 15.2. The van der Waals surface area contributed by atoms with E-state index in [1.807, 2.05) is 32.3 Å². The lowest BCUT2D eigenvalue weighted by Crippen LogP contribution is -1.91. The number of aryl methyl sites for hydroxylation is 2. The molecule has 158 valence electrons. The molecule has 5 rings (SSSR count). The van der Waals surface area contributed by atoms with Crippen molar-refractivity contribution in [3.05, 3.63) is 90.4 Å². The average Bonchev–Trinajstić information content (AvgIpc) is 3.50. The van der Waals surface area contributed by atoms with Gasteiger partial charge in [0.2, 0.25) is 0 Å². The normalized spacial score (nSPS) is 11.9. The number of nitrogens with zero attached hydrogens (tertiary/aromatic N) is 5. The van der Waals surface area contributed by atoms with E-state index in [2.05, 4.69) is 31.8 Å². The van der Waals surface area contributed by atoms with Crippen molar-refractivity contribution in [2.45, 2.75) is 6.92 Å². The summed E-state index contributed by atoms with van der Waals surface area (Å²) in [5.41, 5.74) is 6.54. The lowest BCUT2D eigenvalue weighted by Gasteiger charge is -2.05. The molecular weight excluding hydrogens is 405 g/mol. The number of hydrogen-bond donors (Lipinski definition) is 2. The first kappa shape index (κ1) is 19.6. The van der Waals surface area contributed by atoms with Gasteiger partial charge in [0, 0.05) is 35.5 Å². The maximum atomic E-state index is 13.4. The number of aromatic amines is 2. The predicted octanol–water partition coefficient (Wildman–Crippen LogP) is 4.81. The van der Waals surface area contributed by atoms with Crippen molar-refractivity contribution in [3.8, 4) is 22.8 Å². The fraction of sp³-hybridized carbons (Fsp3) is 0.0833. The van der Waals surface area contributed by atoms with Crippen LogP contribution in [-0.2, 0) is 7.05 Å². The lowest BCUT2D eigenvalue weighted by atomic mass is 10.0. The van der Waals surface area contributed by atoms with Gasteiger partial charge in [-0.2, -0.15) is 10.2 Å². The van der Waals surface area contributed by atoms with Crippen LogP contribution in [0.15, 0.2) is 67.7 Å². The van der Waals surface area contributed by atoms with Crippen molar-refractivity contribution in [2.24, 2.45) is 7.05 Å². The number of benzene rings is 1. The van der Waals surface area contributed by atoms with E-state index >= 15 is 0 Å². The van der Waals surface area contributed by atoms with Crippen LogP contribution < -0.4 is 0 Å². The molecule has 0 fully saturated rings. The van der Waals surface area contributed by atoms with Crippen LogP contribution in [0, 0.1) is 12.7 Å². The number of pyridine rings is 1. The van der Waals surface area contributed by atoms with Crippen LogP contribution in [0.5, 0.6) is 0 Å². The van der Waals surface area contributed by atoms with Gasteiger partial charge in [0.05, 0.1) is 29.3 Å². The molecule has 0 atom stereocenters. The van der Waals surface area contributed by atoms with E-state index < -0.39 is 0 Å². The van der Waals surface area contributed by atoms with E-state index in [1.54, 1.807) is 35.3 Å². The van der Waals surface area contributed by atoms with Gasteiger partial charge in [0.25, 0.3) is 0 Å². The molecule has 0 saturated carbocycles. The van der Waals surface area contributed by atoms with E-state index in [0.717, 1.165) is 44.7 Å². The van der Waals surface area contributed by atoms with Crippen LogP contribution in [0.3, 0.4) is 0 Å². The highest BCUT2D eigenvalue weighted by atomic mass is 19.1. The van der Waals surface area contributed by atoms with Gasteiger partial charge in [0.1, 0.15) is 11.5 Å². The quantitative estimate of drug-likeness (QED) is 0.396. The number of halogens is 1. The Balaban J connectivity index is 1.60. The summed E-state index contributed by atoms with van der Waals surface area (Å²) in [6, 6.07) is 8.30. The van der Waals surface area contributed by atoms with Crippen LogP contribution in [-0.4, -0.2) is 34.9 Å². The summed E-state index contributed by atoms with van der Waals surface area (Å²) in [5.74, 6) is 0.344. The number of nitrogens with one attached hydrogen (secondary N) is 2. The predicted molar refractivity (Wildman–Crippen MR) is 122 cm³/mol. The first-order valence-electron chi connectivity index (χ1n) is 10.0. The summed E-state index contributed by atoms with van der Waals surface area (Å²) in [6.07, 6.45) is 9.01. The molecule has 1 aromatic carbocycles. The summed E-state index contributed by atoms with van der Waals surface area (Å²) in [6.45, 7) is 5.77. The lowest BCUT2D eigenvalue weighted by molar-refractivity contribution is 0.627. The number of allylic oxidation sites excluding steroid dienone is 2. The SMILES string of the molecule is C=C/C=C(/c1ccc(F)cc1)c1nc(-c2n[nH]c3cnc(-c4cnn(C)c4)cc23)[nH]c1C. The van der Waals surface area contributed by atoms with Gasteiger partial charge in [-0.15, -0.1) is 0 Å². The highest BCUT2D eigenvalue weighted by molar-refractivity contribution is 5.93. The Morgan fingerprint density at radius 1 is 1.19 bits per heavy atom. The Kier molecular flexibility index (Phi) is 4.74. The fourth-order valence-electron chi connectivity index (χ4n) is 3.70. The molecule has 7 nitrogen and oxygen atoms in total. The molecule has 0 amide bonds. The van der Waals surface area contributed by atoms with Gasteiger partial charge >= 0.3 is 0 Å². The molecule has 8 heteroatoms. The van der Waals surface area contributed by atoms with E-state index in [4.69, 9.17) is 4.98 Å². The Hall–Kier alpha value is -4.33. The van der Waals surface area contributed by atoms with E-state index in [1.165, 1.54) is 12.1 Å². The smallest absolute Gasteiger partial charge is 0.159 e. The van der Waals surface area contributed by atoms with E-state index in [9.17, 15) is 4.39 Å². The number of rotatable bonds is 5. The molecule has 0 aliphatic heterocycles. The zero-order valence-corrected chi connectivity index (χ0v) is 17.6. The third-order valence-corrected chi connectivity index (χ3v) is 5.25. The molecular formula is C24H20FN7. The first-order valence-corrected chi connectivity index (χ1v) is 10.0. The second-order valence-electron chi connectivity index (χ2n) is 7.47. The highest BCUT2D eigenvalue weighted by Gasteiger charge is 2.18. The van der Waals surface area contributed by atoms with Gasteiger partial charge in [-0.25, -0.2) is 9.37 Å². The van der Waals surface area contributed by atoms with Crippen molar-refractivity contribution >= 4 is 16.5 Å². The first-order chi connectivity index (χ1) is 15.5. The topological polar surface area (TPSA) is 88.1 Å². The largest absolute Gasteiger partial charge is 0.340 e.